The molecular formula is C13H26N2O3. The van der Waals surface area contributed by atoms with Crippen LogP contribution < -0.4 is 5.32 Å². The summed E-state index contributed by atoms with van der Waals surface area (Å²) in [5.74, 6) is 0.531. The Labute approximate surface area is 109 Å². The largest absolute Gasteiger partial charge is 0.394 e. The van der Waals surface area contributed by atoms with Gasteiger partial charge in [-0.25, -0.2) is 0 Å². The Morgan fingerprint density at radius 3 is 2.94 bits per heavy atom. The van der Waals surface area contributed by atoms with E-state index >= 15 is 0 Å². The fourth-order valence-electron chi connectivity index (χ4n) is 2.90. The molecule has 4 unspecified atom stereocenters. The maximum atomic E-state index is 9.21. The number of hydrogen-bond acceptors (Lipinski definition) is 5. The minimum Gasteiger partial charge on any atom is -0.394 e. The summed E-state index contributed by atoms with van der Waals surface area (Å²) >= 11 is 0. The maximum absolute atomic E-state index is 9.21. The van der Waals surface area contributed by atoms with Crippen molar-refractivity contribution in [1.82, 2.24) is 10.2 Å². The van der Waals surface area contributed by atoms with Gasteiger partial charge < -0.3 is 19.9 Å². The van der Waals surface area contributed by atoms with Gasteiger partial charge in [0.25, 0.3) is 0 Å². The van der Waals surface area contributed by atoms with E-state index in [-0.39, 0.29) is 12.7 Å². The lowest BCUT2D eigenvalue weighted by Gasteiger charge is -2.41. The molecule has 2 heterocycles. The van der Waals surface area contributed by atoms with Crippen molar-refractivity contribution in [3.8, 4) is 0 Å². The van der Waals surface area contributed by atoms with Crippen LogP contribution in [0.5, 0.6) is 0 Å². The van der Waals surface area contributed by atoms with Gasteiger partial charge in [0, 0.05) is 37.7 Å². The first-order valence-corrected chi connectivity index (χ1v) is 6.96. The van der Waals surface area contributed by atoms with E-state index in [0.29, 0.717) is 24.6 Å². The summed E-state index contributed by atoms with van der Waals surface area (Å²) in [5, 5.41) is 12.6. The van der Waals surface area contributed by atoms with Crippen molar-refractivity contribution < 1.29 is 14.6 Å². The molecule has 2 aliphatic rings. The molecule has 2 N–H and O–H groups in total. The fraction of sp³-hybridized carbons (Fsp3) is 1.00. The first kappa shape index (κ1) is 14.2. The Morgan fingerprint density at radius 1 is 1.39 bits per heavy atom. The molecule has 2 aliphatic heterocycles. The number of aliphatic hydroxyl groups is 1. The van der Waals surface area contributed by atoms with Crippen molar-refractivity contribution in [3.63, 3.8) is 0 Å². The van der Waals surface area contributed by atoms with Crippen molar-refractivity contribution in [2.24, 2.45) is 5.92 Å². The predicted molar refractivity (Wildman–Crippen MR) is 69.6 cm³/mol. The highest BCUT2D eigenvalue weighted by molar-refractivity contribution is 4.85. The molecule has 0 radical (unpaired) electrons. The van der Waals surface area contributed by atoms with Crippen molar-refractivity contribution in [3.05, 3.63) is 0 Å². The third-order valence-corrected chi connectivity index (χ3v) is 4.15. The lowest BCUT2D eigenvalue weighted by atomic mass is 9.94. The number of hydrogen-bond donors (Lipinski definition) is 2. The molecule has 0 spiro atoms. The number of ether oxygens (including phenoxy) is 2. The van der Waals surface area contributed by atoms with Crippen LogP contribution in [0.15, 0.2) is 0 Å². The Hall–Kier alpha value is -0.200. The predicted octanol–water partition coefficient (Wildman–Crippen LogP) is -0.307. The van der Waals surface area contributed by atoms with Gasteiger partial charge in [-0.15, -0.1) is 0 Å². The summed E-state index contributed by atoms with van der Waals surface area (Å²) in [7, 11) is 2.03. The third kappa shape index (κ3) is 3.42. The quantitative estimate of drug-likeness (QED) is 0.725. The third-order valence-electron chi connectivity index (χ3n) is 4.15. The summed E-state index contributed by atoms with van der Waals surface area (Å²) < 4.78 is 11.2. The molecule has 18 heavy (non-hydrogen) atoms. The van der Waals surface area contributed by atoms with E-state index in [1.165, 1.54) is 0 Å². The number of rotatable bonds is 4. The minimum atomic E-state index is -0.0289. The van der Waals surface area contributed by atoms with E-state index in [2.05, 4.69) is 17.1 Å². The van der Waals surface area contributed by atoms with Gasteiger partial charge in [-0.05, 0) is 20.4 Å². The molecule has 0 aromatic rings. The molecule has 2 fully saturated rings. The van der Waals surface area contributed by atoms with Crippen molar-refractivity contribution >= 4 is 0 Å². The monoisotopic (exact) mass is 258 g/mol. The Balaban J connectivity index is 1.89. The van der Waals surface area contributed by atoms with Crippen LogP contribution in [-0.4, -0.2) is 74.8 Å². The highest BCUT2D eigenvalue weighted by Gasteiger charge is 2.31. The zero-order valence-corrected chi connectivity index (χ0v) is 11.5. The second kappa shape index (κ2) is 6.82. The Kier molecular flexibility index (Phi) is 5.38. The van der Waals surface area contributed by atoms with Crippen LogP contribution in [0.1, 0.15) is 13.3 Å². The standard InChI is InChI=1S/C13H26N2O3/c1-10-8-18-12(7-16)6-15(10)5-11-9-17-4-3-13(11)14-2/h10-14,16H,3-9H2,1-2H3. The molecule has 0 bridgehead atoms. The van der Waals surface area contributed by atoms with Gasteiger partial charge in [-0.3, -0.25) is 4.90 Å². The average molecular weight is 258 g/mol. The fourth-order valence-corrected chi connectivity index (χ4v) is 2.90. The first-order valence-electron chi connectivity index (χ1n) is 6.96. The molecule has 4 atom stereocenters. The van der Waals surface area contributed by atoms with Gasteiger partial charge in [0.15, 0.2) is 0 Å². The molecule has 0 saturated carbocycles. The minimum absolute atomic E-state index is 0.0289. The van der Waals surface area contributed by atoms with E-state index in [4.69, 9.17) is 9.47 Å². The van der Waals surface area contributed by atoms with E-state index in [1.807, 2.05) is 7.05 Å². The Morgan fingerprint density at radius 2 is 2.22 bits per heavy atom. The highest BCUT2D eigenvalue weighted by atomic mass is 16.5. The van der Waals surface area contributed by atoms with Gasteiger partial charge in [-0.2, -0.15) is 0 Å². The van der Waals surface area contributed by atoms with E-state index in [0.717, 1.165) is 32.7 Å². The van der Waals surface area contributed by atoms with Crippen LogP contribution >= 0.6 is 0 Å². The van der Waals surface area contributed by atoms with Gasteiger partial charge in [0.05, 0.1) is 25.9 Å². The molecule has 5 nitrogen and oxygen atoms in total. The summed E-state index contributed by atoms with van der Waals surface area (Å²) in [5.41, 5.74) is 0. The second-order valence-electron chi connectivity index (χ2n) is 5.46. The second-order valence-corrected chi connectivity index (χ2v) is 5.46. The molecule has 2 rings (SSSR count). The van der Waals surface area contributed by atoms with Crippen molar-refractivity contribution in [2.75, 3.05) is 46.6 Å². The van der Waals surface area contributed by atoms with Crippen LogP contribution in [0, 0.1) is 5.92 Å². The van der Waals surface area contributed by atoms with Crippen LogP contribution in [0.4, 0.5) is 0 Å². The van der Waals surface area contributed by atoms with E-state index in [1.54, 1.807) is 0 Å². The van der Waals surface area contributed by atoms with Crippen LogP contribution in [-0.2, 0) is 9.47 Å². The molecule has 106 valence electrons. The van der Waals surface area contributed by atoms with E-state index < -0.39 is 0 Å². The first-order chi connectivity index (χ1) is 8.74. The van der Waals surface area contributed by atoms with Gasteiger partial charge in [-0.1, -0.05) is 0 Å². The van der Waals surface area contributed by atoms with Crippen LogP contribution in [0.2, 0.25) is 0 Å². The molecule has 0 aromatic heterocycles. The zero-order valence-electron chi connectivity index (χ0n) is 11.5. The zero-order chi connectivity index (χ0) is 13.0. The molecule has 0 aliphatic carbocycles. The summed E-state index contributed by atoms with van der Waals surface area (Å²) in [6.07, 6.45) is 1.06. The van der Waals surface area contributed by atoms with Crippen molar-refractivity contribution in [1.29, 1.82) is 0 Å². The van der Waals surface area contributed by atoms with Crippen LogP contribution in [0.25, 0.3) is 0 Å². The normalized spacial score (nSPS) is 38.8. The summed E-state index contributed by atoms with van der Waals surface area (Å²) in [6, 6.07) is 0.966. The number of nitrogens with one attached hydrogen (secondary N) is 1. The molecule has 2 saturated heterocycles. The number of aliphatic hydroxyl groups excluding tert-OH is 1. The molecular weight excluding hydrogens is 232 g/mol. The van der Waals surface area contributed by atoms with Gasteiger partial charge in [0.2, 0.25) is 0 Å². The van der Waals surface area contributed by atoms with Crippen molar-refractivity contribution in [2.45, 2.75) is 31.5 Å². The topological polar surface area (TPSA) is 54.0 Å². The SMILES string of the molecule is CNC1CCOCC1CN1CC(CO)OCC1C. The smallest absolute Gasteiger partial charge is 0.0933 e. The molecule has 5 heteroatoms. The van der Waals surface area contributed by atoms with Gasteiger partial charge in [0.1, 0.15) is 0 Å². The number of nitrogens with zero attached hydrogens (tertiary/aromatic N) is 1. The van der Waals surface area contributed by atoms with E-state index in [9.17, 15) is 5.11 Å². The maximum Gasteiger partial charge on any atom is 0.0933 e. The van der Waals surface area contributed by atoms with Gasteiger partial charge >= 0.3 is 0 Å². The Bertz CT molecular complexity index is 252. The highest BCUT2D eigenvalue weighted by Crippen LogP contribution is 2.19. The summed E-state index contributed by atoms with van der Waals surface area (Å²) in [6.45, 7) is 6.55. The molecule has 0 amide bonds. The lowest BCUT2D eigenvalue weighted by Crippen LogP contribution is -2.54. The van der Waals surface area contributed by atoms with Crippen LogP contribution in [0.3, 0.4) is 0 Å². The average Bonchev–Trinajstić information content (AvgIpc) is 2.42. The molecule has 0 aromatic carbocycles. The summed E-state index contributed by atoms with van der Waals surface area (Å²) in [4.78, 5) is 2.42. The number of morpholine rings is 1. The lowest BCUT2D eigenvalue weighted by molar-refractivity contribution is -0.0893.